The Morgan fingerprint density at radius 3 is 1.19 bits per heavy atom. The van der Waals surface area contributed by atoms with Gasteiger partial charge < -0.3 is 14.9 Å². The summed E-state index contributed by atoms with van der Waals surface area (Å²) in [6, 6.07) is 0. The molecule has 2 bridgehead atoms. The molecule has 0 aromatic carbocycles. The molecule has 2 rings (SSSR count). The third-order valence-corrected chi connectivity index (χ3v) is 10.9. The van der Waals surface area contributed by atoms with Gasteiger partial charge in [0, 0.05) is 12.8 Å². The summed E-state index contributed by atoms with van der Waals surface area (Å²) >= 11 is 0. The van der Waals surface area contributed by atoms with Gasteiger partial charge in [0.1, 0.15) is 6.10 Å². The van der Waals surface area contributed by atoms with E-state index in [9.17, 15) is 97.0 Å². The van der Waals surface area contributed by atoms with Crippen LogP contribution in [0.2, 0.25) is 0 Å². The predicted octanol–water partition coefficient (Wildman–Crippen LogP) is 10.8. The van der Waals surface area contributed by atoms with E-state index in [0.29, 0.717) is 32.1 Å². The molecule has 54 heavy (non-hydrogen) atoms. The molecule has 2 aliphatic carbocycles. The van der Waals surface area contributed by atoms with Crippen molar-refractivity contribution in [1.82, 2.24) is 0 Å². The minimum Gasteiger partial charge on any atom is -0.461 e. The fourth-order valence-corrected chi connectivity index (χ4v) is 6.59. The molecule has 6 unspecified atom stereocenters. The molecule has 0 saturated heterocycles. The molecular weight excluding hydrogens is 811 g/mol. The van der Waals surface area contributed by atoms with Gasteiger partial charge in [-0.3, -0.25) is 4.79 Å². The topological polar surface area (TPSA) is 66.8 Å². The fourth-order valence-electron chi connectivity index (χ4n) is 6.59. The van der Waals surface area contributed by atoms with E-state index in [0.717, 1.165) is 6.42 Å². The lowest BCUT2D eigenvalue weighted by molar-refractivity contribution is -0.386. The maximum Gasteiger partial charge on any atom is 0.426 e. The van der Waals surface area contributed by atoms with Crippen LogP contribution in [0.15, 0.2) is 0 Å². The highest BCUT2D eigenvalue weighted by molar-refractivity contribution is 5.77. The molecule has 0 spiro atoms. The van der Waals surface area contributed by atoms with Gasteiger partial charge in [0.25, 0.3) is 11.2 Å². The summed E-state index contributed by atoms with van der Waals surface area (Å²) < 4.78 is 275. The van der Waals surface area contributed by atoms with E-state index in [1.165, 1.54) is 0 Å². The summed E-state index contributed by atoms with van der Waals surface area (Å²) in [7, 11) is 0. The van der Waals surface area contributed by atoms with Gasteiger partial charge in [0.05, 0.1) is 0 Å². The fraction of sp³-hybridized carbons (Fsp3) is 0.966. The van der Waals surface area contributed by atoms with Crippen LogP contribution in [0.4, 0.5) is 92.2 Å². The normalized spacial score (nSPS) is 25.0. The number of carbonyl (C=O) groups excluding carboxylic acids is 1. The largest absolute Gasteiger partial charge is 0.461 e. The highest BCUT2D eigenvalue weighted by atomic mass is 19.4. The first-order chi connectivity index (χ1) is 23.4. The summed E-state index contributed by atoms with van der Waals surface area (Å²) in [4.78, 5) is 11.9. The number of carbonyl (C=O) groups is 1. The number of esters is 1. The second kappa shape index (κ2) is 15.0. The van der Waals surface area contributed by atoms with Crippen molar-refractivity contribution < 1.29 is 112 Å². The number of hydrogen-bond donors (Lipinski definition) is 2. The minimum absolute atomic E-state index is 0.0130. The summed E-state index contributed by atoms with van der Waals surface area (Å²) in [6.45, 7) is 4.85. The van der Waals surface area contributed by atoms with Gasteiger partial charge in [-0.2, -0.15) is 92.2 Å². The number of aliphatic hydroxyl groups is 2. The maximum atomic E-state index is 13.1. The molecule has 2 aliphatic rings. The van der Waals surface area contributed by atoms with Crippen molar-refractivity contribution in [2.75, 3.05) is 0 Å². The van der Waals surface area contributed by atoms with Gasteiger partial charge in [-0.25, -0.2) is 0 Å². The second-order valence-corrected chi connectivity index (χ2v) is 14.2. The van der Waals surface area contributed by atoms with Gasteiger partial charge in [0.15, 0.2) is 10.8 Å². The summed E-state index contributed by atoms with van der Waals surface area (Å²) in [5.74, 6) is -2.36. The van der Waals surface area contributed by atoms with Crippen LogP contribution in [0, 0.1) is 40.4 Å². The Labute approximate surface area is 292 Å². The Balaban J connectivity index is 0.000000612. The van der Waals surface area contributed by atoms with E-state index in [2.05, 4.69) is 11.7 Å². The third-order valence-electron chi connectivity index (χ3n) is 10.9. The van der Waals surface area contributed by atoms with Gasteiger partial charge in [-0.15, -0.1) is 0 Å². The predicted molar refractivity (Wildman–Crippen MR) is 141 cm³/mol. The standard InChI is InChI=1S/C15H15F15O4.C14H20F6/c1-3-8(2,11(16,17)18)7(31)34-6(4-9(32,12(19,20)21)13(22,23)24)5-10(33,14(25,26)27)15(28,29)30;1-7-8(2)11-5-9(7)4-10(11)6-12(3,13(15,16)17)14(18,19)20/h6,32-33H,3-5H2,1-2H3;7-11H,4-6H2,1-3H3. The van der Waals surface area contributed by atoms with E-state index in [-0.39, 0.29) is 18.8 Å². The minimum atomic E-state index is -6.87. The summed E-state index contributed by atoms with van der Waals surface area (Å²) in [5, 5.41) is 18.2. The lowest BCUT2D eigenvalue weighted by Crippen LogP contribution is -2.62. The molecule has 6 atom stereocenters. The molecule has 0 aromatic rings. The average molecular weight is 847 g/mol. The molecule has 2 fully saturated rings. The Morgan fingerprint density at radius 1 is 0.593 bits per heavy atom. The van der Waals surface area contributed by atoms with E-state index in [1.807, 2.05) is 6.92 Å². The van der Waals surface area contributed by atoms with Crippen LogP contribution < -0.4 is 0 Å². The number of rotatable bonds is 9. The van der Waals surface area contributed by atoms with Gasteiger partial charge in [0.2, 0.25) is 0 Å². The van der Waals surface area contributed by atoms with Crippen molar-refractivity contribution in [2.24, 2.45) is 40.4 Å². The van der Waals surface area contributed by atoms with Crippen LogP contribution in [0.3, 0.4) is 0 Å². The van der Waals surface area contributed by atoms with E-state index in [1.54, 1.807) is 0 Å². The zero-order valence-electron chi connectivity index (χ0n) is 28.4. The van der Waals surface area contributed by atoms with Crippen molar-refractivity contribution in [3.63, 3.8) is 0 Å². The highest BCUT2D eigenvalue weighted by Crippen LogP contribution is 2.62. The van der Waals surface area contributed by atoms with Crippen LogP contribution in [-0.2, 0) is 9.53 Å². The molecule has 2 N–H and O–H groups in total. The SMILES string of the molecule is CC1C2CC(CC(C)(C(F)(F)F)C(F)(F)F)C(C2)C1C.CCC(C)(C(=O)OC(CC(O)(C(F)(F)F)C(F)(F)F)CC(O)(C(F)(F)F)C(F)(F)F)C(F)(F)F. The number of fused-ring (bicyclic) bond motifs is 2. The Bertz CT molecular complexity index is 1190. The van der Waals surface area contributed by atoms with Crippen LogP contribution in [0.5, 0.6) is 0 Å². The molecule has 0 aromatic heterocycles. The van der Waals surface area contributed by atoms with Crippen molar-refractivity contribution in [3.05, 3.63) is 0 Å². The van der Waals surface area contributed by atoms with Crippen molar-refractivity contribution in [1.29, 1.82) is 0 Å². The lowest BCUT2D eigenvalue weighted by Gasteiger charge is -2.40. The quantitative estimate of drug-likeness (QED) is 0.179. The molecule has 2 saturated carbocycles. The van der Waals surface area contributed by atoms with Crippen LogP contribution in [0.1, 0.15) is 73.1 Å². The van der Waals surface area contributed by atoms with Crippen LogP contribution >= 0.6 is 0 Å². The molecule has 0 heterocycles. The Hall–Kier alpha value is -2.08. The highest BCUT2D eigenvalue weighted by Gasteiger charge is 2.75. The number of ether oxygens (including phenoxy) is 1. The Kier molecular flexibility index (Phi) is 13.9. The zero-order chi connectivity index (χ0) is 43.5. The summed E-state index contributed by atoms with van der Waals surface area (Å²) in [5.41, 5.74) is -19.7. The van der Waals surface area contributed by atoms with Gasteiger partial charge >= 0.3 is 49.2 Å². The molecule has 322 valence electrons. The Morgan fingerprint density at radius 2 is 0.944 bits per heavy atom. The molecule has 0 aliphatic heterocycles. The second-order valence-electron chi connectivity index (χ2n) is 14.2. The van der Waals surface area contributed by atoms with Gasteiger partial charge in [-0.1, -0.05) is 20.8 Å². The van der Waals surface area contributed by atoms with Crippen molar-refractivity contribution >= 4 is 5.97 Å². The number of halogens is 21. The number of hydrogen-bond acceptors (Lipinski definition) is 4. The van der Waals surface area contributed by atoms with Crippen molar-refractivity contribution in [2.45, 2.75) is 134 Å². The van der Waals surface area contributed by atoms with E-state index >= 15 is 0 Å². The van der Waals surface area contributed by atoms with Crippen LogP contribution in [-0.4, -0.2) is 76.7 Å². The first-order valence-corrected chi connectivity index (χ1v) is 15.5. The zero-order valence-corrected chi connectivity index (χ0v) is 28.4. The average Bonchev–Trinajstić information content (AvgIpc) is 3.46. The first-order valence-electron chi connectivity index (χ1n) is 15.5. The van der Waals surface area contributed by atoms with Gasteiger partial charge in [-0.05, 0) is 69.1 Å². The van der Waals surface area contributed by atoms with E-state index in [4.69, 9.17) is 10.2 Å². The molecule has 0 radical (unpaired) electrons. The molecule has 25 heteroatoms. The van der Waals surface area contributed by atoms with Crippen LogP contribution in [0.25, 0.3) is 0 Å². The number of alkyl halides is 21. The maximum absolute atomic E-state index is 13.1. The van der Waals surface area contributed by atoms with E-state index < -0.39 is 109 Å². The molecular formula is C29H35F21O4. The summed E-state index contributed by atoms with van der Waals surface area (Å²) in [6.07, 6.45) is -55.3. The first kappa shape index (κ1) is 49.9. The third kappa shape index (κ3) is 9.37. The molecule has 4 nitrogen and oxygen atoms in total. The van der Waals surface area contributed by atoms with Crippen molar-refractivity contribution in [3.8, 4) is 0 Å². The monoisotopic (exact) mass is 846 g/mol. The lowest BCUT2D eigenvalue weighted by atomic mass is 9.69. The molecule has 0 amide bonds. The smallest absolute Gasteiger partial charge is 0.426 e.